The van der Waals surface area contributed by atoms with E-state index in [0.717, 1.165) is 22.6 Å². The predicted octanol–water partition coefficient (Wildman–Crippen LogP) is 4.43. The van der Waals surface area contributed by atoms with Crippen LogP contribution in [0.2, 0.25) is 5.02 Å². The van der Waals surface area contributed by atoms with E-state index in [1.54, 1.807) is 18.1 Å². The second-order valence-corrected chi connectivity index (χ2v) is 5.57. The molecule has 0 aliphatic heterocycles. The largest absolute Gasteiger partial charge is 0.497 e. The van der Waals surface area contributed by atoms with Crippen molar-refractivity contribution in [3.63, 3.8) is 0 Å². The Labute approximate surface area is 140 Å². The molecular weight excluding hydrogens is 321 g/mol. The van der Waals surface area contributed by atoms with Crippen LogP contribution in [0.25, 0.3) is 0 Å². The molecule has 0 atom stereocenters. The number of nitrogens with zero attached hydrogens (tertiary/aromatic N) is 1. The Morgan fingerprint density at radius 2 is 1.86 bits per heavy atom. The summed E-state index contributed by atoms with van der Waals surface area (Å²) in [4.78, 5) is 13.8. The molecule has 5 heteroatoms. The molecule has 0 unspecified atom stereocenters. The lowest BCUT2D eigenvalue weighted by Gasteiger charge is -2.23. The molecule has 3 nitrogen and oxygen atoms in total. The van der Waals surface area contributed by atoms with Gasteiger partial charge < -0.3 is 9.64 Å². The van der Waals surface area contributed by atoms with Gasteiger partial charge in [-0.15, -0.1) is 11.6 Å². The van der Waals surface area contributed by atoms with Gasteiger partial charge in [-0.05, 0) is 42.3 Å². The summed E-state index contributed by atoms with van der Waals surface area (Å²) >= 11 is 11.9. The quantitative estimate of drug-likeness (QED) is 0.755. The van der Waals surface area contributed by atoms with Crippen molar-refractivity contribution in [1.82, 2.24) is 0 Å². The third-order valence-corrected chi connectivity index (χ3v) is 4.02. The third-order valence-electron chi connectivity index (χ3n) is 3.38. The molecule has 0 saturated heterocycles. The van der Waals surface area contributed by atoms with Gasteiger partial charge >= 0.3 is 0 Å². The van der Waals surface area contributed by atoms with Gasteiger partial charge in [-0.3, -0.25) is 4.79 Å². The zero-order valence-electron chi connectivity index (χ0n) is 12.5. The molecule has 1 amide bonds. The number of halogens is 2. The number of aryl methyl sites for hydroxylation is 1. The zero-order chi connectivity index (χ0) is 16.1. The first kappa shape index (κ1) is 16.7. The number of alkyl halides is 1. The highest BCUT2D eigenvalue weighted by Crippen LogP contribution is 2.25. The first-order valence-electron chi connectivity index (χ1n) is 6.80. The van der Waals surface area contributed by atoms with Gasteiger partial charge in [0.1, 0.15) is 11.6 Å². The molecule has 0 bridgehead atoms. The molecule has 0 aliphatic carbocycles. The molecule has 0 fully saturated rings. The summed E-state index contributed by atoms with van der Waals surface area (Å²) < 4.78 is 5.14. The summed E-state index contributed by atoms with van der Waals surface area (Å²) in [5, 5.41) is 0.625. The van der Waals surface area contributed by atoms with Gasteiger partial charge in [0.05, 0.1) is 13.7 Å². The van der Waals surface area contributed by atoms with E-state index in [1.807, 2.05) is 43.3 Å². The van der Waals surface area contributed by atoms with Crippen molar-refractivity contribution in [2.24, 2.45) is 0 Å². The fourth-order valence-corrected chi connectivity index (χ4v) is 2.38. The van der Waals surface area contributed by atoms with E-state index >= 15 is 0 Å². The molecule has 2 rings (SSSR count). The third kappa shape index (κ3) is 3.93. The van der Waals surface area contributed by atoms with Crippen molar-refractivity contribution in [2.45, 2.75) is 13.5 Å². The first-order chi connectivity index (χ1) is 10.5. The van der Waals surface area contributed by atoms with E-state index in [-0.39, 0.29) is 11.8 Å². The number of ether oxygens (including phenoxy) is 1. The van der Waals surface area contributed by atoms with Crippen LogP contribution in [0.1, 0.15) is 11.1 Å². The van der Waals surface area contributed by atoms with E-state index in [4.69, 9.17) is 27.9 Å². The van der Waals surface area contributed by atoms with Gasteiger partial charge in [0.2, 0.25) is 5.91 Å². The summed E-state index contributed by atoms with van der Waals surface area (Å²) in [6, 6.07) is 13.1. The molecule has 2 aromatic rings. The minimum Gasteiger partial charge on any atom is -0.497 e. The normalized spacial score (nSPS) is 10.4. The number of carbonyl (C=O) groups excluding carboxylic acids is 1. The van der Waals surface area contributed by atoms with Crippen molar-refractivity contribution in [3.8, 4) is 5.75 Å². The van der Waals surface area contributed by atoms with Gasteiger partial charge in [0.15, 0.2) is 0 Å². The Bertz CT molecular complexity index is 656. The van der Waals surface area contributed by atoms with Crippen LogP contribution in [0, 0.1) is 6.92 Å². The molecule has 116 valence electrons. The van der Waals surface area contributed by atoms with Crippen molar-refractivity contribution in [3.05, 3.63) is 58.6 Å². The monoisotopic (exact) mass is 337 g/mol. The van der Waals surface area contributed by atoms with Crippen LogP contribution in [0.4, 0.5) is 5.69 Å². The Morgan fingerprint density at radius 1 is 1.18 bits per heavy atom. The number of rotatable bonds is 5. The zero-order valence-corrected chi connectivity index (χ0v) is 14.0. The summed E-state index contributed by atoms with van der Waals surface area (Å²) in [6.07, 6.45) is 0. The number of anilines is 1. The summed E-state index contributed by atoms with van der Waals surface area (Å²) in [7, 11) is 1.62. The maximum Gasteiger partial charge on any atom is 0.242 e. The van der Waals surface area contributed by atoms with Crippen LogP contribution in [0.5, 0.6) is 5.75 Å². The topological polar surface area (TPSA) is 29.5 Å². The van der Waals surface area contributed by atoms with E-state index < -0.39 is 0 Å². The fraction of sp³-hybridized carbons (Fsp3) is 0.235. The number of hydrogen-bond donors (Lipinski definition) is 0. The smallest absolute Gasteiger partial charge is 0.242 e. The Kier molecular flexibility index (Phi) is 5.69. The van der Waals surface area contributed by atoms with Crippen LogP contribution in [0.15, 0.2) is 42.5 Å². The highest BCUT2D eigenvalue weighted by molar-refractivity contribution is 6.32. The van der Waals surface area contributed by atoms with Crippen molar-refractivity contribution in [2.75, 3.05) is 17.9 Å². The maximum atomic E-state index is 12.2. The summed E-state index contributed by atoms with van der Waals surface area (Å²) in [5.41, 5.74) is 2.68. The number of amides is 1. The molecule has 0 saturated carbocycles. The lowest BCUT2D eigenvalue weighted by Crippen LogP contribution is -2.31. The molecule has 0 aromatic heterocycles. The molecule has 0 aliphatic rings. The maximum absolute atomic E-state index is 12.2. The molecule has 2 aromatic carbocycles. The van der Waals surface area contributed by atoms with Crippen molar-refractivity contribution >= 4 is 34.8 Å². The summed E-state index contributed by atoms with van der Waals surface area (Å²) in [6.45, 7) is 2.35. The van der Waals surface area contributed by atoms with Gasteiger partial charge in [0.25, 0.3) is 0 Å². The van der Waals surface area contributed by atoms with Crippen molar-refractivity contribution in [1.29, 1.82) is 0 Å². The van der Waals surface area contributed by atoms with Crippen LogP contribution in [0.3, 0.4) is 0 Å². The first-order valence-corrected chi connectivity index (χ1v) is 7.72. The number of hydrogen-bond acceptors (Lipinski definition) is 2. The van der Waals surface area contributed by atoms with E-state index in [0.29, 0.717) is 11.6 Å². The predicted molar refractivity (Wildman–Crippen MR) is 91.1 cm³/mol. The standard InChI is InChI=1S/C17H17Cl2NO2/c1-12-3-6-14(9-16(12)19)20(17(21)10-18)11-13-4-7-15(22-2)8-5-13/h3-9H,10-11H2,1-2H3. The van der Waals surface area contributed by atoms with E-state index in [2.05, 4.69) is 0 Å². The Morgan fingerprint density at radius 3 is 2.41 bits per heavy atom. The van der Waals surface area contributed by atoms with Gasteiger partial charge in [0, 0.05) is 10.7 Å². The van der Waals surface area contributed by atoms with Gasteiger partial charge in [-0.25, -0.2) is 0 Å². The molecule has 0 heterocycles. The molecule has 0 N–H and O–H groups in total. The van der Waals surface area contributed by atoms with Crippen LogP contribution >= 0.6 is 23.2 Å². The molecule has 0 spiro atoms. The lowest BCUT2D eigenvalue weighted by atomic mass is 10.1. The minimum atomic E-state index is -0.169. The lowest BCUT2D eigenvalue weighted by molar-refractivity contribution is -0.116. The number of carbonyl (C=O) groups is 1. The van der Waals surface area contributed by atoms with Crippen LogP contribution < -0.4 is 9.64 Å². The minimum absolute atomic E-state index is 0.0817. The van der Waals surface area contributed by atoms with Crippen LogP contribution in [-0.2, 0) is 11.3 Å². The second-order valence-electron chi connectivity index (χ2n) is 4.90. The molecule has 22 heavy (non-hydrogen) atoms. The van der Waals surface area contributed by atoms with E-state index in [1.165, 1.54) is 0 Å². The number of methoxy groups -OCH3 is 1. The highest BCUT2D eigenvalue weighted by atomic mass is 35.5. The average Bonchev–Trinajstić information content (AvgIpc) is 2.55. The Balaban J connectivity index is 2.29. The van der Waals surface area contributed by atoms with E-state index in [9.17, 15) is 4.79 Å². The molecule has 0 radical (unpaired) electrons. The van der Waals surface area contributed by atoms with Gasteiger partial charge in [-0.2, -0.15) is 0 Å². The van der Waals surface area contributed by atoms with Crippen molar-refractivity contribution < 1.29 is 9.53 Å². The number of benzene rings is 2. The van der Waals surface area contributed by atoms with Gasteiger partial charge in [-0.1, -0.05) is 29.8 Å². The Hall–Kier alpha value is -1.71. The highest BCUT2D eigenvalue weighted by Gasteiger charge is 2.16. The second kappa shape index (κ2) is 7.52. The SMILES string of the molecule is COc1ccc(CN(C(=O)CCl)c2ccc(C)c(Cl)c2)cc1. The molecular formula is C17H17Cl2NO2. The average molecular weight is 338 g/mol. The fourth-order valence-electron chi connectivity index (χ4n) is 2.06. The summed E-state index contributed by atoms with van der Waals surface area (Å²) in [5.74, 6) is 0.525. The van der Waals surface area contributed by atoms with Crippen LogP contribution in [-0.4, -0.2) is 18.9 Å².